The summed E-state index contributed by atoms with van der Waals surface area (Å²) in [6.07, 6.45) is 5.43. The van der Waals surface area contributed by atoms with Crippen LogP contribution in [0, 0.1) is 13.8 Å². The lowest BCUT2D eigenvalue weighted by Crippen LogP contribution is -2.21. The molecule has 0 radical (unpaired) electrons. The quantitative estimate of drug-likeness (QED) is 0.785. The highest BCUT2D eigenvalue weighted by molar-refractivity contribution is 6.04. The van der Waals surface area contributed by atoms with Crippen molar-refractivity contribution in [3.63, 3.8) is 0 Å². The average molecular weight is 351 g/mol. The fourth-order valence-corrected chi connectivity index (χ4v) is 3.18. The molecule has 2 aromatic carbocycles. The molecular weight excluding hydrogens is 326 g/mol. The van der Waals surface area contributed by atoms with Crippen molar-refractivity contribution in [2.45, 2.75) is 52.1 Å². The van der Waals surface area contributed by atoms with Crippen molar-refractivity contribution in [2.75, 3.05) is 5.32 Å². The van der Waals surface area contributed by atoms with Gasteiger partial charge in [-0.05, 0) is 87.1 Å². The summed E-state index contributed by atoms with van der Waals surface area (Å²) in [5, 5.41) is 2.86. The topological polar surface area (TPSA) is 55.4 Å². The molecule has 1 amide bonds. The van der Waals surface area contributed by atoms with Crippen LogP contribution >= 0.6 is 0 Å². The molecule has 0 aliphatic heterocycles. The van der Waals surface area contributed by atoms with Gasteiger partial charge in [0, 0.05) is 11.3 Å². The third-order valence-electron chi connectivity index (χ3n) is 4.97. The molecule has 1 saturated carbocycles. The van der Waals surface area contributed by atoms with E-state index in [2.05, 4.69) is 5.32 Å². The molecule has 2 aromatic rings. The van der Waals surface area contributed by atoms with Crippen LogP contribution in [-0.2, 0) is 4.74 Å². The van der Waals surface area contributed by atoms with Crippen molar-refractivity contribution in [3.8, 4) is 0 Å². The van der Waals surface area contributed by atoms with Crippen molar-refractivity contribution in [1.82, 2.24) is 0 Å². The molecule has 0 heterocycles. The first-order chi connectivity index (χ1) is 12.5. The minimum atomic E-state index is -0.288. The summed E-state index contributed by atoms with van der Waals surface area (Å²) in [5.74, 6) is -0.449. The van der Waals surface area contributed by atoms with Crippen LogP contribution < -0.4 is 5.32 Å². The van der Waals surface area contributed by atoms with Gasteiger partial charge in [0.05, 0.1) is 5.56 Å². The molecule has 1 N–H and O–H groups in total. The number of hydrogen-bond acceptors (Lipinski definition) is 3. The van der Waals surface area contributed by atoms with E-state index >= 15 is 0 Å². The van der Waals surface area contributed by atoms with Crippen molar-refractivity contribution >= 4 is 17.6 Å². The van der Waals surface area contributed by atoms with Gasteiger partial charge in [0.15, 0.2) is 0 Å². The minimum absolute atomic E-state index is 0.0420. The summed E-state index contributed by atoms with van der Waals surface area (Å²) in [4.78, 5) is 24.6. The molecular formula is C22H25NO3. The van der Waals surface area contributed by atoms with Crippen molar-refractivity contribution < 1.29 is 14.3 Å². The highest BCUT2D eigenvalue weighted by Gasteiger charge is 2.18. The van der Waals surface area contributed by atoms with E-state index in [-0.39, 0.29) is 18.0 Å². The fraction of sp³-hybridized carbons (Fsp3) is 0.364. The average Bonchev–Trinajstić information content (AvgIpc) is 2.65. The molecule has 0 saturated heterocycles. The number of carbonyl (C=O) groups is 2. The molecule has 4 nitrogen and oxygen atoms in total. The van der Waals surface area contributed by atoms with E-state index in [1.54, 1.807) is 24.3 Å². The lowest BCUT2D eigenvalue weighted by Gasteiger charge is -2.21. The predicted molar refractivity (Wildman–Crippen MR) is 103 cm³/mol. The van der Waals surface area contributed by atoms with E-state index in [1.165, 1.54) is 6.42 Å². The number of rotatable bonds is 4. The molecule has 1 fully saturated rings. The highest BCUT2D eigenvalue weighted by Crippen LogP contribution is 2.22. The van der Waals surface area contributed by atoms with Gasteiger partial charge in [-0.1, -0.05) is 12.5 Å². The number of anilines is 1. The number of esters is 1. The Balaban J connectivity index is 1.60. The SMILES string of the molecule is Cc1ccc(C(=O)Nc2ccc(C(=O)OC3CCCCC3)cc2)cc1C. The summed E-state index contributed by atoms with van der Waals surface area (Å²) >= 11 is 0. The molecule has 0 unspecified atom stereocenters. The Kier molecular flexibility index (Phi) is 5.71. The number of hydrogen-bond donors (Lipinski definition) is 1. The maximum atomic E-state index is 12.4. The van der Waals surface area contributed by atoms with Crippen molar-refractivity contribution in [2.24, 2.45) is 0 Å². The summed E-state index contributed by atoms with van der Waals surface area (Å²) in [7, 11) is 0. The zero-order valence-corrected chi connectivity index (χ0v) is 15.4. The van der Waals surface area contributed by atoms with Gasteiger partial charge in [-0.2, -0.15) is 0 Å². The van der Waals surface area contributed by atoms with Gasteiger partial charge in [-0.15, -0.1) is 0 Å². The van der Waals surface area contributed by atoms with Crippen LogP contribution in [0.5, 0.6) is 0 Å². The van der Waals surface area contributed by atoms with Gasteiger partial charge in [-0.3, -0.25) is 4.79 Å². The van der Waals surface area contributed by atoms with Gasteiger partial charge in [-0.25, -0.2) is 4.79 Å². The third kappa shape index (κ3) is 4.51. The lowest BCUT2D eigenvalue weighted by molar-refractivity contribution is 0.0211. The number of carbonyl (C=O) groups excluding carboxylic acids is 2. The van der Waals surface area contributed by atoms with E-state index in [1.807, 2.05) is 32.0 Å². The zero-order chi connectivity index (χ0) is 18.5. The maximum Gasteiger partial charge on any atom is 0.338 e. The molecule has 136 valence electrons. The van der Waals surface area contributed by atoms with Crippen LogP contribution in [0.25, 0.3) is 0 Å². The first-order valence-corrected chi connectivity index (χ1v) is 9.22. The van der Waals surface area contributed by atoms with Gasteiger partial charge in [0.25, 0.3) is 5.91 Å². The first-order valence-electron chi connectivity index (χ1n) is 9.22. The third-order valence-corrected chi connectivity index (χ3v) is 4.97. The molecule has 26 heavy (non-hydrogen) atoms. The normalized spacial score (nSPS) is 14.7. The molecule has 4 heteroatoms. The number of nitrogens with one attached hydrogen (secondary N) is 1. The minimum Gasteiger partial charge on any atom is -0.459 e. The molecule has 1 aliphatic carbocycles. The number of amides is 1. The molecule has 0 spiro atoms. The van der Waals surface area contributed by atoms with E-state index in [0.717, 1.165) is 36.8 Å². The van der Waals surface area contributed by atoms with E-state index in [9.17, 15) is 9.59 Å². The second-order valence-electron chi connectivity index (χ2n) is 7.00. The molecule has 0 atom stereocenters. The molecule has 3 rings (SSSR count). The van der Waals surface area contributed by atoms with Crippen LogP contribution in [0.4, 0.5) is 5.69 Å². The fourth-order valence-electron chi connectivity index (χ4n) is 3.18. The second kappa shape index (κ2) is 8.17. The van der Waals surface area contributed by atoms with Crippen LogP contribution in [0.2, 0.25) is 0 Å². The largest absolute Gasteiger partial charge is 0.459 e. The summed E-state index contributed by atoms with van der Waals surface area (Å²) < 4.78 is 5.57. The molecule has 0 aromatic heterocycles. The Bertz CT molecular complexity index is 790. The zero-order valence-electron chi connectivity index (χ0n) is 15.4. The Labute approximate surface area is 154 Å². The van der Waals surface area contributed by atoms with Gasteiger partial charge in [0.2, 0.25) is 0 Å². The van der Waals surface area contributed by atoms with E-state index in [0.29, 0.717) is 16.8 Å². The Hall–Kier alpha value is -2.62. The van der Waals surface area contributed by atoms with Crippen molar-refractivity contribution in [1.29, 1.82) is 0 Å². The summed E-state index contributed by atoms with van der Waals surface area (Å²) in [6, 6.07) is 12.5. The first kappa shape index (κ1) is 18.2. The number of benzene rings is 2. The van der Waals surface area contributed by atoms with Gasteiger partial charge < -0.3 is 10.1 Å². The molecule has 0 bridgehead atoms. The van der Waals surface area contributed by atoms with Crippen LogP contribution in [0.1, 0.15) is 63.9 Å². The standard InChI is InChI=1S/C22H25NO3/c1-15-8-9-18(14-16(15)2)21(24)23-19-12-10-17(11-13-19)22(25)26-20-6-4-3-5-7-20/h8-14,20H,3-7H2,1-2H3,(H,23,24). The van der Waals surface area contributed by atoms with Gasteiger partial charge >= 0.3 is 5.97 Å². The van der Waals surface area contributed by atoms with Gasteiger partial charge in [0.1, 0.15) is 6.10 Å². The number of aryl methyl sites for hydroxylation is 2. The Morgan fingerprint density at radius 2 is 1.54 bits per heavy atom. The Morgan fingerprint density at radius 3 is 2.19 bits per heavy atom. The Morgan fingerprint density at radius 1 is 0.885 bits per heavy atom. The summed E-state index contributed by atoms with van der Waals surface area (Å²) in [6.45, 7) is 4.00. The van der Waals surface area contributed by atoms with Crippen LogP contribution in [0.3, 0.4) is 0 Å². The van der Waals surface area contributed by atoms with Crippen LogP contribution in [-0.4, -0.2) is 18.0 Å². The van der Waals surface area contributed by atoms with Crippen molar-refractivity contribution in [3.05, 3.63) is 64.7 Å². The molecule has 1 aliphatic rings. The van der Waals surface area contributed by atoms with E-state index < -0.39 is 0 Å². The maximum absolute atomic E-state index is 12.4. The number of ether oxygens (including phenoxy) is 1. The highest BCUT2D eigenvalue weighted by atomic mass is 16.5. The van der Waals surface area contributed by atoms with E-state index in [4.69, 9.17) is 4.74 Å². The van der Waals surface area contributed by atoms with Crippen LogP contribution in [0.15, 0.2) is 42.5 Å². The second-order valence-corrected chi connectivity index (χ2v) is 7.00. The summed E-state index contributed by atoms with van der Waals surface area (Å²) in [5.41, 5.74) is 4.02. The predicted octanol–water partition coefficient (Wildman–Crippen LogP) is 5.05. The smallest absolute Gasteiger partial charge is 0.338 e. The lowest BCUT2D eigenvalue weighted by atomic mass is 9.98. The monoisotopic (exact) mass is 351 g/mol.